The Labute approximate surface area is 218 Å². The van der Waals surface area contributed by atoms with Crippen molar-refractivity contribution in [3.8, 4) is 0 Å². The highest BCUT2D eigenvalue weighted by Crippen LogP contribution is 2.27. The van der Waals surface area contributed by atoms with Crippen LogP contribution in [0.3, 0.4) is 0 Å². The summed E-state index contributed by atoms with van der Waals surface area (Å²) in [6.07, 6.45) is 8.03. The maximum atomic E-state index is 12.8. The van der Waals surface area contributed by atoms with Crippen LogP contribution in [-0.2, 0) is 20.9 Å². The summed E-state index contributed by atoms with van der Waals surface area (Å²) in [5.74, 6) is -1.96. The molecule has 4 N–H and O–H groups in total. The number of hydrogen-bond donors (Lipinski definition) is 4. The Morgan fingerprint density at radius 1 is 1.11 bits per heavy atom. The van der Waals surface area contributed by atoms with Crippen molar-refractivity contribution >= 4 is 53.0 Å². The van der Waals surface area contributed by atoms with Crippen LogP contribution in [0.5, 0.6) is 0 Å². The van der Waals surface area contributed by atoms with Crippen molar-refractivity contribution in [1.82, 2.24) is 16.0 Å². The van der Waals surface area contributed by atoms with Crippen molar-refractivity contribution in [1.29, 1.82) is 0 Å². The van der Waals surface area contributed by atoms with Crippen LogP contribution in [0.15, 0.2) is 41.0 Å². The third kappa shape index (κ3) is 7.86. The van der Waals surface area contributed by atoms with Crippen LogP contribution in [0.25, 0.3) is 6.08 Å². The molecule has 0 aliphatic heterocycles. The molecule has 3 amide bonds. The normalized spacial score (nSPS) is 14.5. The lowest BCUT2D eigenvalue weighted by Crippen LogP contribution is -2.43. The Bertz CT molecular complexity index is 1100. The van der Waals surface area contributed by atoms with Gasteiger partial charge in [-0.2, -0.15) is 0 Å². The lowest BCUT2D eigenvalue weighted by Gasteiger charge is -2.17. The topological polar surface area (TPSA) is 138 Å². The molecule has 0 spiro atoms. The second kappa shape index (κ2) is 13.1. The molecule has 0 saturated heterocycles. The van der Waals surface area contributed by atoms with E-state index < -0.39 is 17.9 Å². The maximum Gasteiger partial charge on any atom is 0.326 e. The fourth-order valence-electron chi connectivity index (χ4n) is 3.90. The molecule has 9 nitrogen and oxygen atoms in total. The van der Waals surface area contributed by atoms with Crippen molar-refractivity contribution in [3.05, 3.63) is 63.5 Å². The van der Waals surface area contributed by atoms with Gasteiger partial charge in [-0.1, -0.05) is 36.0 Å². The van der Waals surface area contributed by atoms with Crippen LogP contribution in [0, 0.1) is 5.92 Å². The van der Waals surface area contributed by atoms with Crippen LogP contribution < -0.4 is 16.0 Å². The van der Waals surface area contributed by atoms with E-state index in [1.807, 2.05) is 0 Å². The number of carboxylic acid groups (broad SMARTS) is 1. The van der Waals surface area contributed by atoms with Gasteiger partial charge in [0, 0.05) is 25.1 Å². The van der Waals surface area contributed by atoms with E-state index in [2.05, 4.69) is 16.0 Å². The standard InChI is InChI=1S/C25H27Cl2N3O6/c26-18-12-15(14-29-21(31)8-7-17-6-3-11-36-17)13-19(27)22(18)24(33)30-20(25(34)35)9-10-28-23(32)16-4-1-2-5-16/h3,6-8,11-13,16,20H,1-2,4-5,9-10,14H2,(H,28,32)(H,29,31)(H,30,33)(H,34,35)/b8-7+/t20-/m0/s1. The number of benzene rings is 1. The van der Waals surface area contributed by atoms with Gasteiger partial charge in [0.15, 0.2) is 0 Å². The summed E-state index contributed by atoms with van der Waals surface area (Å²) >= 11 is 12.5. The highest BCUT2D eigenvalue weighted by atomic mass is 35.5. The number of nitrogens with one attached hydrogen (secondary N) is 3. The van der Waals surface area contributed by atoms with Gasteiger partial charge < -0.3 is 25.5 Å². The van der Waals surface area contributed by atoms with Crippen LogP contribution in [-0.4, -0.2) is 41.4 Å². The van der Waals surface area contributed by atoms with E-state index in [1.165, 1.54) is 30.5 Å². The lowest BCUT2D eigenvalue weighted by atomic mass is 10.1. The number of carbonyl (C=O) groups is 4. The van der Waals surface area contributed by atoms with E-state index in [0.717, 1.165) is 25.7 Å². The first-order chi connectivity index (χ1) is 17.2. The van der Waals surface area contributed by atoms with Gasteiger partial charge >= 0.3 is 5.97 Å². The van der Waals surface area contributed by atoms with E-state index in [4.69, 9.17) is 27.6 Å². The minimum atomic E-state index is -1.24. The average Bonchev–Trinajstić information content (AvgIpc) is 3.54. The number of furan rings is 1. The Morgan fingerprint density at radius 2 is 1.81 bits per heavy atom. The number of aliphatic carboxylic acids is 1. The molecule has 1 heterocycles. The van der Waals surface area contributed by atoms with E-state index in [1.54, 1.807) is 12.1 Å². The van der Waals surface area contributed by atoms with Crippen molar-refractivity contribution < 1.29 is 28.7 Å². The first-order valence-electron chi connectivity index (χ1n) is 11.5. The van der Waals surface area contributed by atoms with Gasteiger partial charge in [-0.05, 0) is 55.2 Å². The first-order valence-corrected chi connectivity index (χ1v) is 12.3. The minimum absolute atomic E-state index is 0.00437. The number of halogens is 2. The summed E-state index contributed by atoms with van der Waals surface area (Å²) in [5, 5.41) is 17.3. The molecule has 1 aromatic carbocycles. The molecule has 0 bridgehead atoms. The highest BCUT2D eigenvalue weighted by molar-refractivity contribution is 6.39. The van der Waals surface area contributed by atoms with Crippen LogP contribution in [0.1, 0.15) is 53.8 Å². The van der Waals surface area contributed by atoms with Gasteiger partial charge in [0.25, 0.3) is 5.91 Å². The fourth-order valence-corrected chi connectivity index (χ4v) is 4.60. The quantitative estimate of drug-likeness (QED) is 0.323. The van der Waals surface area contributed by atoms with Gasteiger partial charge in [-0.15, -0.1) is 0 Å². The number of amides is 3. The number of hydrogen-bond acceptors (Lipinski definition) is 5. The van der Waals surface area contributed by atoms with E-state index in [0.29, 0.717) is 11.3 Å². The number of carbonyl (C=O) groups excluding carboxylic acids is 3. The van der Waals surface area contributed by atoms with Gasteiger partial charge in [0.05, 0.1) is 21.9 Å². The zero-order valence-electron chi connectivity index (χ0n) is 19.4. The first kappa shape index (κ1) is 27.3. The van der Waals surface area contributed by atoms with Crippen LogP contribution in [0.2, 0.25) is 10.0 Å². The summed E-state index contributed by atoms with van der Waals surface area (Å²) in [4.78, 5) is 48.5. The van der Waals surface area contributed by atoms with Gasteiger partial charge in [-0.3, -0.25) is 14.4 Å². The molecule has 0 radical (unpaired) electrons. The number of carboxylic acids is 1. The predicted molar refractivity (Wildman–Crippen MR) is 135 cm³/mol. The Hall–Kier alpha value is -3.30. The molecule has 36 heavy (non-hydrogen) atoms. The highest BCUT2D eigenvalue weighted by Gasteiger charge is 2.26. The van der Waals surface area contributed by atoms with Gasteiger partial charge in [0.2, 0.25) is 11.8 Å². The molecule has 1 atom stereocenters. The van der Waals surface area contributed by atoms with Crippen LogP contribution in [0.4, 0.5) is 0 Å². The summed E-state index contributed by atoms with van der Waals surface area (Å²) in [7, 11) is 0. The molecule has 3 rings (SSSR count). The second-order valence-electron chi connectivity index (χ2n) is 8.43. The third-order valence-corrected chi connectivity index (χ3v) is 6.40. The van der Waals surface area contributed by atoms with Crippen molar-refractivity contribution in [2.45, 2.75) is 44.7 Å². The fraction of sp³-hybridized carbons (Fsp3) is 0.360. The summed E-state index contributed by atoms with van der Waals surface area (Å²) in [6.45, 7) is 0.210. The average molecular weight is 536 g/mol. The van der Waals surface area contributed by atoms with E-state index in [9.17, 15) is 24.3 Å². The maximum absolute atomic E-state index is 12.8. The Morgan fingerprint density at radius 3 is 2.42 bits per heavy atom. The molecular weight excluding hydrogens is 509 g/mol. The van der Waals surface area contributed by atoms with Gasteiger partial charge in [-0.25, -0.2) is 4.79 Å². The molecule has 1 fully saturated rings. The minimum Gasteiger partial charge on any atom is -0.480 e. The molecule has 1 aromatic heterocycles. The van der Waals surface area contributed by atoms with E-state index >= 15 is 0 Å². The number of rotatable bonds is 11. The second-order valence-corrected chi connectivity index (χ2v) is 9.24. The summed E-state index contributed by atoms with van der Waals surface area (Å²) < 4.78 is 5.11. The van der Waals surface area contributed by atoms with Crippen LogP contribution >= 0.6 is 23.2 Å². The van der Waals surface area contributed by atoms with Gasteiger partial charge in [0.1, 0.15) is 11.8 Å². The predicted octanol–water partition coefficient (Wildman–Crippen LogP) is 3.80. The summed E-state index contributed by atoms with van der Waals surface area (Å²) in [6, 6.07) is 5.10. The molecular formula is C25H27Cl2N3O6. The molecule has 192 valence electrons. The zero-order chi connectivity index (χ0) is 26.1. The molecule has 0 unspecified atom stereocenters. The molecule has 1 aliphatic carbocycles. The lowest BCUT2D eigenvalue weighted by molar-refractivity contribution is -0.139. The smallest absolute Gasteiger partial charge is 0.326 e. The SMILES string of the molecule is O=C(/C=C/c1ccco1)NCc1cc(Cl)c(C(=O)N[C@@H](CCNC(=O)C2CCCC2)C(=O)O)c(Cl)c1. The largest absolute Gasteiger partial charge is 0.480 e. The molecule has 11 heteroatoms. The van der Waals surface area contributed by atoms with Crippen molar-refractivity contribution in [2.24, 2.45) is 5.92 Å². The third-order valence-electron chi connectivity index (χ3n) is 5.80. The molecule has 1 saturated carbocycles. The van der Waals surface area contributed by atoms with Crippen molar-refractivity contribution in [2.75, 3.05) is 6.54 Å². The van der Waals surface area contributed by atoms with E-state index in [-0.39, 0.29) is 52.9 Å². The Kier molecular flexibility index (Phi) is 9.95. The Balaban J connectivity index is 1.54. The summed E-state index contributed by atoms with van der Waals surface area (Å²) in [5.41, 5.74) is 0.470. The zero-order valence-corrected chi connectivity index (χ0v) is 20.9. The van der Waals surface area contributed by atoms with Crippen molar-refractivity contribution in [3.63, 3.8) is 0 Å². The molecule has 1 aliphatic rings. The molecule has 2 aromatic rings. The monoisotopic (exact) mass is 535 g/mol.